The van der Waals surface area contributed by atoms with E-state index >= 15 is 0 Å². The molecular weight excluding hydrogens is 242 g/mol. The summed E-state index contributed by atoms with van der Waals surface area (Å²) < 4.78 is 9.96. The third-order valence-corrected chi connectivity index (χ3v) is 3.21. The average molecular weight is 255 g/mol. The van der Waals surface area contributed by atoms with Gasteiger partial charge in [0.2, 0.25) is 6.10 Å². The standard InChI is InChI=1S/C11H13NO4S/c1-6-3-9(11(14)15-6)16-10(13)4-8-5-17-7(2)12-8/h5-6,9H,3-4H2,1-2H3. The third-order valence-electron chi connectivity index (χ3n) is 2.39. The van der Waals surface area contributed by atoms with Crippen LogP contribution in [0.3, 0.4) is 0 Å². The van der Waals surface area contributed by atoms with Crippen molar-refractivity contribution < 1.29 is 19.1 Å². The molecule has 17 heavy (non-hydrogen) atoms. The van der Waals surface area contributed by atoms with Gasteiger partial charge in [-0.1, -0.05) is 0 Å². The van der Waals surface area contributed by atoms with Crippen LogP contribution in [0, 0.1) is 6.92 Å². The number of esters is 2. The number of aromatic nitrogens is 1. The number of aryl methyl sites for hydroxylation is 1. The largest absolute Gasteiger partial charge is 0.460 e. The highest BCUT2D eigenvalue weighted by Gasteiger charge is 2.34. The highest BCUT2D eigenvalue weighted by molar-refractivity contribution is 7.09. The smallest absolute Gasteiger partial charge is 0.347 e. The van der Waals surface area contributed by atoms with E-state index in [4.69, 9.17) is 9.47 Å². The van der Waals surface area contributed by atoms with Crippen molar-refractivity contribution in [1.82, 2.24) is 4.98 Å². The van der Waals surface area contributed by atoms with Gasteiger partial charge in [0, 0.05) is 11.8 Å². The second-order valence-electron chi connectivity index (χ2n) is 4.00. The molecule has 2 unspecified atom stereocenters. The summed E-state index contributed by atoms with van der Waals surface area (Å²) in [4.78, 5) is 27.0. The molecule has 1 aromatic rings. The first-order valence-electron chi connectivity index (χ1n) is 5.35. The van der Waals surface area contributed by atoms with Gasteiger partial charge in [-0.2, -0.15) is 0 Å². The normalized spacial score (nSPS) is 23.5. The van der Waals surface area contributed by atoms with Gasteiger partial charge in [0.15, 0.2) is 0 Å². The Morgan fingerprint density at radius 1 is 1.71 bits per heavy atom. The van der Waals surface area contributed by atoms with Crippen molar-refractivity contribution >= 4 is 23.3 Å². The van der Waals surface area contributed by atoms with Gasteiger partial charge in [-0.25, -0.2) is 9.78 Å². The Kier molecular flexibility index (Phi) is 3.42. The number of ether oxygens (including phenoxy) is 2. The van der Waals surface area contributed by atoms with Crippen molar-refractivity contribution in [3.63, 3.8) is 0 Å². The summed E-state index contributed by atoms with van der Waals surface area (Å²) >= 11 is 1.48. The summed E-state index contributed by atoms with van der Waals surface area (Å²) in [5.74, 6) is -0.897. The van der Waals surface area contributed by atoms with E-state index in [1.807, 2.05) is 12.3 Å². The monoisotopic (exact) mass is 255 g/mol. The van der Waals surface area contributed by atoms with Gasteiger partial charge in [-0.05, 0) is 13.8 Å². The van der Waals surface area contributed by atoms with E-state index in [1.165, 1.54) is 11.3 Å². The lowest BCUT2D eigenvalue weighted by Gasteiger charge is -2.06. The molecule has 1 aliphatic rings. The van der Waals surface area contributed by atoms with Crippen molar-refractivity contribution in [2.24, 2.45) is 0 Å². The molecule has 0 saturated carbocycles. The molecule has 1 fully saturated rings. The van der Waals surface area contributed by atoms with Gasteiger partial charge in [0.05, 0.1) is 17.1 Å². The molecule has 0 spiro atoms. The van der Waals surface area contributed by atoms with Crippen LogP contribution < -0.4 is 0 Å². The van der Waals surface area contributed by atoms with Crippen LogP contribution in [0.5, 0.6) is 0 Å². The Bertz CT molecular complexity index is 442. The molecule has 2 atom stereocenters. The van der Waals surface area contributed by atoms with Crippen LogP contribution in [0.25, 0.3) is 0 Å². The van der Waals surface area contributed by atoms with Crippen LogP contribution in [0.15, 0.2) is 5.38 Å². The fourth-order valence-electron chi connectivity index (χ4n) is 1.65. The number of rotatable bonds is 3. The highest BCUT2D eigenvalue weighted by Crippen LogP contribution is 2.18. The fraction of sp³-hybridized carbons (Fsp3) is 0.545. The SMILES string of the molecule is Cc1nc(CC(=O)OC2CC(C)OC2=O)cs1. The summed E-state index contributed by atoms with van der Waals surface area (Å²) in [7, 11) is 0. The lowest BCUT2D eigenvalue weighted by Crippen LogP contribution is -2.23. The zero-order valence-corrected chi connectivity index (χ0v) is 10.5. The predicted molar refractivity (Wildman–Crippen MR) is 60.6 cm³/mol. The van der Waals surface area contributed by atoms with Gasteiger partial charge >= 0.3 is 11.9 Å². The molecule has 6 heteroatoms. The van der Waals surface area contributed by atoms with E-state index in [9.17, 15) is 9.59 Å². The minimum Gasteiger partial charge on any atom is -0.460 e. The first-order valence-corrected chi connectivity index (χ1v) is 6.23. The zero-order chi connectivity index (χ0) is 12.4. The number of nitrogens with zero attached hydrogens (tertiary/aromatic N) is 1. The molecule has 92 valence electrons. The van der Waals surface area contributed by atoms with Crippen LogP contribution in [0.2, 0.25) is 0 Å². The number of carbonyl (C=O) groups is 2. The van der Waals surface area contributed by atoms with Crippen molar-refractivity contribution in [2.45, 2.75) is 38.9 Å². The molecule has 2 rings (SSSR count). The highest BCUT2D eigenvalue weighted by atomic mass is 32.1. The first kappa shape index (κ1) is 12.0. The second kappa shape index (κ2) is 4.83. The molecule has 0 aliphatic carbocycles. The maximum Gasteiger partial charge on any atom is 0.347 e. The third kappa shape index (κ3) is 3.03. The summed E-state index contributed by atoms with van der Waals surface area (Å²) in [6.45, 7) is 3.64. The van der Waals surface area contributed by atoms with Crippen molar-refractivity contribution in [3.8, 4) is 0 Å². The lowest BCUT2D eigenvalue weighted by atomic mass is 10.2. The molecule has 5 nitrogen and oxygen atoms in total. The summed E-state index contributed by atoms with van der Waals surface area (Å²) in [5.41, 5.74) is 0.678. The Labute approximate surface area is 103 Å². The van der Waals surface area contributed by atoms with Gasteiger partial charge < -0.3 is 9.47 Å². The molecule has 0 radical (unpaired) electrons. The molecule has 1 aromatic heterocycles. The van der Waals surface area contributed by atoms with E-state index < -0.39 is 18.0 Å². The molecule has 0 bridgehead atoms. The van der Waals surface area contributed by atoms with Gasteiger partial charge in [0.1, 0.15) is 6.10 Å². The minimum atomic E-state index is -0.753. The molecule has 0 N–H and O–H groups in total. The Balaban J connectivity index is 1.87. The number of cyclic esters (lactones) is 1. The van der Waals surface area contributed by atoms with E-state index in [1.54, 1.807) is 6.92 Å². The van der Waals surface area contributed by atoms with Crippen molar-refractivity contribution in [1.29, 1.82) is 0 Å². The minimum absolute atomic E-state index is 0.0997. The van der Waals surface area contributed by atoms with Crippen LogP contribution in [-0.2, 0) is 25.5 Å². The summed E-state index contributed by atoms with van der Waals surface area (Å²) in [5, 5.41) is 2.72. The van der Waals surface area contributed by atoms with E-state index in [0.29, 0.717) is 12.1 Å². The van der Waals surface area contributed by atoms with E-state index in [-0.39, 0.29) is 12.5 Å². The molecule has 1 saturated heterocycles. The van der Waals surface area contributed by atoms with E-state index in [2.05, 4.69) is 4.98 Å². The second-order valence-corrected chi connectivity index (χ2v) is 5.06. The molecule has 2 heterocycles. The van der Waals surface area contributed by atoms with Gasteiger partial charge in [-0.3, -0.25) is 4.79 Å². The topological polar surface area (TPSA) is 65.5 Å². The zero-order valence-electron chi connectivity index (χ0n) is 9.63. The summed E-state index contributed by atoms with van der Waals surface area (Å²) in [6, 6.07) is 0. The van der Waals surface area contributed by atoms with Crippen LogP contribution in [0.1, 0.15) is 24.0 Å². The Hall–Kier alpha value is -1.43. The maximum atomic E-state index is 11.6. The first-order chi connectivity index (χ1) is 8.04. The lowest BCUT2D eigenvalue weighted by molar-refractivity contribution is -0.160. The number of hydrogen-bond acceptors (Lipinski definition) is 6. The maximum absolute atomic E-state index is 11.6. The molecule has 1 aliphatic heterocycles. The van der Waals surface area contributed by atoms with Gasteiger partial charge in [0.25, 0.3) is 0 Å². The molecular formula is C11H13NO4S. The average Bonchev–Trinajstić information content (AvgIpc) is 2.74. The summed E-state index contributed by atoms with van der Waals surface area (Å²) in [6.07, 6.45) is -0.401. The van der Waals surface area contributed by atoms with E-state index in [0.717, 1.165) is 5.01 Å². The van der Waals surface area contributed by atoms with Crippen LogP contribution in [0.4, 0.5) is 0 Å². The van der Waals surface area contributed by atoms with Gasteiger partial charge in [-0.15, -0.1) is 11.3 Å². The van der Waals surface area contributed by atoms with Crippen molar-refractivity contribution in [3.05, 3.63) is 16.1 Å². The number of hydrogen-bond donors (Lipinski definition) is 0. The van der Waals surface area contributed by atoms with Crippen LogP contribution in [-0.4, -0.2) is 29.1 Å². The number of thiazole rings is 1. The molecule has 0 aromatic carbocycles. The predicted octanol–water partition coefficient (Wildman–Crippen LogP) is 1.24. The number of carbonyl (C=O) groups excluding carboxylic acids is 2. The Morgan fingerprint density at radius 2 is 2.47 bits per heavy atom. The van der Waals surface area contributed by atoms with Crippen LogP contribution >= 0.6 is 11.3 Å². The Morgan fingerprint density at radius 3 is 3.00 bits per heavy atom. The van der Waals surface area contributed by atoms with Crippen molar-refractivity contribution in [2.75, 3.05) is 0 Å². The molecule has 0 amide bonds. The fourth-order valence-corrected chi connectivity index (χ4v) is 2.27. The quantitative estimate of drug-likeness (QED) is 0.760.